The number of hydrogen-bond donors (Lipinski definition) is 1. The number of nitrogens with two attached hydrogens (primary N) is 1. The number of nitrogens with zero attached hydrogens (tertiary/aromatic N) is 2. The molecule has 0 aromatic heterocycles. The quantitative estimate of drug-likeness (QED) is 0.863. The molecule has 4 heteroatoms. The van der Waals surface area contributed by atoms with E-state index in [-0.39, 0.29) is 5.41 Å². The lowest BCUT2D eigenvalue weighted by Gasteiger charge is -2.38. The third kappa shape index (κ3) is 2.64. The van der Waals surface area contributed by atoms with E-state index in [1.807, 2.05) is 24.3 Å². The van der Waals surface area contributed by atoms with Gasteiger partial charge in [0.1, 0.15) is 0 Å². The molecule has 21 heavy (non-hydrogen) atoms. The molecule has 2 fully saturated rings. The number of carbonyl (C=O) groups is 1. The molecule has 1 amide bonds. The van der Waals surface area contributed by atoms with Gasteiger partial charge in [0.2, 0.25) is 5.91 Å². The minimum atomic E-state index is -0.256. The highest BCUT2D eigenvalue weighted by atomic mass is 16.2. The maximum atomic E-state index is 12.9. The molecular formula is C17H25N3O. The molecule has 114 valence electrons. The lowest BCUT2D eigenvalue weighted by atomic mass is 9.93. The molecule has 1 aromatic rings. The Morgan fingerprint density at radius 1 is 1.10 bits per heavy atom. The van der Waals surface area contributed by atoms with Crippen LogP contribution in [-0.2, 0) is 10.2 Å². The van der Waals surface area contributed by atoms with Crippen molar-refractivity contribution in [1.29, 1.82) is 0 Å². The molecule has 0 atom stereocenters. The zero-order valence-electron chi connectivity index (χ0n) is 13.0. The summed E-state index contributed by atoms with van der Waals surface area (Å²) in [6.07, 6.45) is 1.94. The van der Waals surface area contributed by atoms with Crippen LogP contribution >= 0.6 is 0 Å². The van der Waals surface area contributed by atoms with Crippen molar-refractivity contribution in [3.63, 3.8) is 0 Å². The van der Waals surface area contributed by atoms with Crippen LogP contribution in [-0.4, -0.2) is 47.9 Å². The van der Waals surface area contributed by atoms with Crippen molar-refractivity contribution in [2.24, 2.45) is 0 Å². The average Bonchev–Trinajstić information content (AvgIpc) is 3.29. The highest BCUT2D eigenvalue weighted by molar-refractivity contribution is 5.91. The van der Waals surface area contributed by atoms with Crippen molar-refractivity contribution in [1.82, 2.24) is 9.80 Å². The average molecular weight is 287 g/mol. The molecule has 1 aliphatic heterocycles. The summed E-state index contributed by atoms with van der Waals surface area (Å²) in [5, 5.41) is 0. The van der Waals surface area contributed by atoms with Gasteiger partial charge in [0.05, 0.1) is 5.41 Å². The molecule has 0 spiro atoms. The number of piperazine rings is 1. The zero-order valence-corrected chi connectivity index (χ0v) is 13.0. The fraction of sp³-hybridized carbons (Fsp3) is 0.588. The minimum Gasteiger partial charge on any atom is -0.399 e. The van der Waals surface area contributed by atoms with E-state index in [2.05, 4.69) is 23.6 Å². The third-order valence-electron chi connectivity index (χ3n) is 4.95. The Bertz CT molecular complexity index is 511. The van der Waals surface area contributed by atoms with Gasteiger partial charge in [-0.25, -0.2) is 0 Å². The van der Waals surface area contributed by atoms with E-state index in [9.17, 15) is 4.79 Å². The highest BCUT2D eigenvalue weighted by Crippen LogP contribution is 2.49. The Morgan fingerprint density at radius 2 is 1.67 bits per heavy atom. The number of carbonyl (C=O) groups excluding carboxylic acids is 1. The van der Waals surface area contributed by atoms with Gasteiger partial charge in [0, 0.05) is 37.9 Å². The van der Waals surface area contributed by atoms with Crippen LogP contribution in [0.3, 0.4) is 0 Å². The number of anilines is 1. The first kappa shape index (κ1) is 14.4. The van der Waals surface area contributed by atoms with Crippen molar-refractivity contribution >= 4 is 11.6 Å². The SMILES string of the molecule is CC(C)N1CCN(C(=O)C2(c3ccc(N)cc3)CC2)CC1. The van der Waals surface area contributed by atoms with Gasteiger partial charge in [-0.15, -0.1) is 0 Å². The Hall–Kier alpha value is -1.55. The van der Waals surface area contributed by atoms with Gasteiger partial charge in [-0.2, -0.15) is 0 Å². The molecule has 0 bridgehead atoms. The summed E-state index contributed by atoms with van der Waals surface area (Å²) in [4.78, 5) is 17.4. The van der Waals surface area contributed by atoms with Gasteiger partial charge in [0.15, 0.2) is 0 Å². The van der Waals surface area contributed by atoms with E-state index in [1.165, 1.54) is 0 Å². The molecule has 1 saturated carbocycles. The Labute approximate surface area is 126 Å². The Balaban J connectivity index is 1.70. The number of hydrogen-bond acceptors (Lipinski definition) is 3. The molecule has 1 heterocycles. The van der Waals surface area contributed by atoms with E-state index in [0.29, 0.717) is 11.9 Å². The topological polar surface area (TPSA) is 49.6 Å². The van der Waals surface area contributed by atoms with E-state index in [1.54, 1.807) is 0 Å². The maximum Gasteiger partial charge on any atom is 0.233 e. The summed E-state index contributed by atoms with van der Waals surface area (Å²) in [7, 11) is 0. The maximum absolute atomic E-state index is 12.9. The molecule has 1 aliphatic carbocycles. The van der Waals surface area contributed by atoms with Crippen LogP contribution in [0.15, 0.2) is 24.3 Å². The standard InChI is InChI=1S/C17H25N3O/c1-13(2)19-9-11-20(12-10-19)16(21)17(7-8-17)14-3-5-15(18)6-4-14/h3-6,13H,7-12,18H2,1-2H3. The summed E-state index contributed by atoms with van der Waals surface area (Å²) in [5.41, 5.74) is 7.39. The number of benzene rings is 1. The van der Waals surface area contributed by atoms with Gasteiger partial charge in [-0.1, -0.05) is 12.1 Å². The highest BCUT2D eigenvalue weighted by Gasteiger charge is 2.53. The molecule has 0 radical (unpaired) electrons. The van der Waals surface area contributed by atoms with Gasteiger partial charge in [-0.3, -0.25) is 9.69 Å². The molecule has 2 N–H and O–H groups in total. The van der Waals surface area contributed by atoms with Gasteiger partial charge in [0.25, 0.3) is 0 Å². The fourth-order valence-electron chi connectivity index (χ4n) is 3.30. The van der Waals surface area contributed by atoms with Crippen LogP contribution in [0.4, 0.5) is 5.69 Å². The van der Waals surface area contributed by atoms with Crippen LogP contribution < -0.4 is 5.73 Å². The molecule has 3 rings (SSSR count). The van der Waals surface area contributed by atoms with Crippen LogP contribution in [0.5, 0.6) is 0 Å². The molecule has 2 aliphatic rings. The molecule has 1 aromatic carbocycles. The first-order valence-electron chi connectivity index (χ1n) is 7.92. The number of nitrogen functional groups attached to an aromatic ring is 1. The van der Waals surface area contributed by atoms with Gasteiger partial charge >= 0.3 is 0 Å². The van der Waals surface area contributed by atoms with E-state index < -0.39 is 0 Å². The van der Waals surface area contributed by atoms with E-state index >= 15 is 0 Å². The monoisotopic (exact) mass is 287 g/mol. The lowest BCUT2D eigenvalue weighted by molar-refractivity contribution is -0.136. The predicted molar refractivity (Wildman–Crippen MR) is 85.1 cm³/mol. The summed E-state index contributed by atoms with van der Waals surface area (Å²) < 4.78 is 0. The first-order valence-corrected chi connectivity index (χ1v) is 7.92. The molecule has 4 nitrogen and oxygen atoms in total. The summed E-state index contributed by atoms with van der Waals surface area (Å²) in [6.45, 7) is 8.12. The van der Waals surface area contributed by atoms with Crippen LogP contribution in [0.2, 0.25) is 0 Å². The Morgan fingerprint density at radius 3 is 2.14 bits per heavy atom. The normalized spacial score (nSPS) is 21.6. The Kier molecular flexibility index (Phi) is 3.66. The third-order valence-corrected chi connectivity index (χ3v) is 4.95. The van der Waals surface area contributed by atoms with Crippen LogP contribution in [0, 0.1) is 0 Å². The molecular weight excluding hydrogens is 262 g/mol. The van der Waals surface area contributed by atoms with Crippen LogP contribution in [0.1, 0.15) is 32.3 Å². The summed E-state index contributed by atoms with van der Waals surface area (Å²) in [6, 6.07) is 8.41. The zero-order chi connectivity index (χ0) is 15.0. The van der Waals surface area contributed by atoms with Crippen molar-refractivity contribution in [2.45, 2.75) is 38.1 Å². The van der Waals surface area contributed by atoms with E-state index in [4.69, 9.17) is 5.73 Å². The molecule has 0 unspecified atom stereocenters. The summed E-state index contributed by atoms with van der Waals surface area (Å²) >= 11 is 0. The first-order chi connectivity index (χ1) is 10.0. The van der Waals surface area contributed by atoms with Crippen molar-refractivity contribution in [3.8, 4) is 0 Å². The minimum absolute atomic E-state index is 0.256. The fourth-order valence-corrected chi connectivity index (χ4v) is 3.30. The largest absolute Gasteiger partial charge is 0.399 e. The lowest BCUT2D eigenvalue weighted by Crippen LogP contribution is -2.53. The summed E-state index contributed by atoms with van der Waals surface area (Å²) in [5.74, 6) is 0.315. The van der Waals surface area contributed by atoms with Gasteiger partial charge in [-0.05, 0) is 44.4 Å². The molecule has 1 saturated heterocycles. The van der Waals surface area contributed by atoms with Crippen LogP contribution in [0.25, 0.3) is 0 Å². The van der Waals surface area contributed by atoms with Gasteiger partial charge < -0.3 is 10.6 Å². The van der Waals surface area contributed by atoms with Crippen molar-refractivity contribution < 1.29 is 4.79 Å². The number of rotatable bonds is 3. The van der Waals surface area contributed by atoms with Crippen molar-refractivity contribution in [3.05, 3.63) is 29.8 Å². The second kappa shape index (κ2) is 5.34. The van der Waals surface area contributed by atoms with E-state index in [0.717, 1.165) is 50.3 Å². The van der Waals surface area contributed by atoms with Crippen molar-refractivity contribution in [2.75, 3.05) is 31.9 Å². The predicted octanol–water partition coefficient (Wildman–Crippen LogP) is 1.85. The second-order valence-corrected chi connectivity index (χ2v) is 6.63. The second-order valence-electron chi connectivity index (χ2n) is 6.63. The number of amides is 1. The smallest absolute Gasteiger partial charge is 0.233 e.